The van der Waals surface area contributed by atoms with Gasteiger partial charge in [-0.15, -0.1) is 11.3 Å². The molecule has 134 valence electrons. The van der Waals surface area contributed by atoms with Crippen molar-refractivity contribution in [2.75, 3.05) is 18.6 Å². The molecule has 3 rings (SSSR count). The van der Waals surface area contributed by atoms with Crippen molar-refractivity contribution in [1.29, 1.82) is 0 Å². The predicted molar refractivity (Wildman–Crippen MR) is 113 cm³/mol. The first-order chi connectivity index (χ1) is 12.5. The Morgan fingerprint density at radius 2 is 2.00 bits per heavy atom. The van der Waals surface area contributed by atoms with Crippen molar-refractivity contribution < 1.29 is 9.53 Å². The zero-order valence-electron chi connectivity index (χ0n) is 14.3. The topological polar surface area (TPSA) is 41.6 Å². The lowest BCUT2D eigenvalue weighted by Gasteiger charge is -2.23. The standard InChI is InChI=1S/C19H17ClN2O2S2/c1-3-22(12-7-5-4-6-8-12)19(25)21-18(23)17-16(20)14-10-9-13(24-2)11-15(14)26-17/h4-11H,3H2,1-2H3,(H,21,23,25). The van der Waals surface area contributed by atoms with Gasteiger partial charge in [-0.05, 0) is 49.5 Å². The Kier molecular flexibility index (Phi) is 5.76. The van der Waals surface area contributed by atoms with E-state index in [0.717, 1.165) is 21.5 Å². The molecule has 1 heterocycles. The quantitative estimate of drug-likeness (QED) is 0.614. The lowest BCUT2D eigenvalue weighted by Crippen LogP contribution is -2.42. The van der Waals surface area contributed by atoms with Gasteiger partial charge in [0, 0.05) is 22.3 Å². The van der Waals surface area contributed by atoms with Gasteiger partial charge in [-0.3, -0.25) is 10.1 Å². The Hall–Kier alpha value is -2.15. The summed E-state index contributed by atoms with van der Waals surface area (Å²) >= 11 is 13.2. The highest BCUT2D eigenvalue weighted by molar-refractivity contribution is 7.80. The largest absolute Gasteiger partial charge is 0.497 e. The first-order valence-corrected chi connectivity index (χ1v) is 9.59. The molecule has 7 heteroatoms. The summed E-state index contributed by atoms with van der Waals surface area (Å²) in [5.74, 6) is 0.411. The number of thiocarbonyl (C=S) groups is 1. The lowest BCUT2D eigenvalue weighted by molar-refractivity contribution is 0.0981. The van der Waals surface area contributed by atoms with E-state index in [1.54, 1.807) is 7.11 Å². The molecule has 2 aromatic carbocycles. The molecular formula is C19H17ClN2O2S2. The molecule has 4 nitrogen and oxygen atoms in total. The smallest absolute Gasteiger partial charge is 0.269 e. The second-order valence-electron chi connectivity index (χ2n) is 5.45. The molecule has 0 saturated carbocycles. The fraction of sp³-hybridized carbons (Fsp3) is 0.158. The highest BCUT2D eigenvalue weighted by Gasteiger charge is 2.20. The van der Waals surface area contributed by atoms with Crippen LogP contribution in [0.5, 0.6) is 5.75 Å². The van der Waals surface area contributed by atoms with Gasteiger partial charge in [-0.1, -0.05) is 29.8 Å². The summed E-state index contributed by atoms with van der Waals surface area (Å²) in [6.45, 7) is 2.62. The van der Waals surface area contributed by atoms with Crippen LogP contribution in [0.1, 0.15) is 16.6 Å². The SMILES string of the molecule is CCN(C(=S)NC(=O)c1sc2cc(OC)ccc2c1Cl)c1ccccc1. The summed E-state index contributed by atoms with van der Waals surface area (Å²) in [7, 11) is 1.60. The zero-order valence-corrected chi connectivity index (χ0v) is 16.7. The van der Waals surface area contributed by atoms with E-state index in [-0.39, 0.29) is 5.91 Å². The number of benzene rings is 2. The fourth-order valence-corrected chi connectivity index (χ4v) is 4.36. The predicted octanol–water partition coefficient (Wildman–Crippen LogP) is 5.10. The average molecular weight is 405 g/mol. The molecule has 0 spiro atoms. The Labute approximate surface area is 166 Å². The summed E-state index contributed by atoms with van der Waals surface area (Å²) in [4.78, 5) is 15.0. The average Bonchev–Trinajstić information content (AvgIpc) is 2.99. The maximum Gasteiger partial charge on any atom is 0.269 e. The van der Waals surface area contributed by atoms with Gasteiger partial charge in [0.05, 0.1) is 12.1 Å². The Morgan fingerprint density at radius 3 is 2.65 bits per heavy atom. The maximum absolute atomic E-state index is 12.7. The van der Waals surface area contributed by atoms with Gasteiger partial charge in [0.1, 0.15) is 10.6 Å². The van der Waals surface area contributed by atoms with Crippen LogP contribution in [-0.2, 0) is 0 Å². The molecule has 0 atom stereocenters. The van der Waals surface area contributed by atoms with Crippen LogP contribution in [0.4, 0.5) is 5.69 Å². The van der Waals surface area contributed by atoms with Gasteiger partial charge in [0.25, 0.3) is 5.91 Å². The minimum atomic E-state index is -0.311. The summed E-state index contributed by atoms with van der Waals surface area (Å²) in [5, 5.41) is 4.38. The first-order valence-electron chi connectivity index (χ1n) is 7.99. The number of hydrogen-bond acceptors (Lipinski definition) is 4. The van der Waals surface area contributed by atoms with Crippen molar-refractivity contribution in [2.45, 2.75) is 6.92 Å². The van der Waals surface area contributed by atoms with Crippen LogP contribution >= 0.6 is 35.2 Å². The van der Waals surface area contributed by atoms with E-state index in [9.17, 15) is 4.79 Å². The number of para-hydroxylation sites is 1. The van der Waals surface area contributed by atoms with Gasteiger partial charge in [-0.25, -0.2) is 0 Å². The Bertz CT molecular complexity index is 957. The number of ether oxygens (including phenoxy) is 1. The van der Waals surface area contributed by atoms with E-state index in [2.05, 4.69) is 5.32 Å². The van der Waals surface area contributed by atoms with E-state index in [1.807, 2.05) is 60.4 Å². The number of halogens is 1. The number of carbonyl (C=O) groups is 1. The van der Waals surface area contributed by atoms with Crippen molar-refractivity contribution in [2.24, 2.45) is 0 Å². The Morgan fingerprint density at radius 1 is 1.27 bits per heavy atom. The second kappa shape index (κ2) is 8.03. The van der Waals surface area contributed by atoms with Crippen molar-refractivity contribution in [3.8, 4) is 5.75 Å². The lowest BCUT2D eigenvalue weighted by atomic mass is 10.2. The van der Waals surface area contributed by atoms with Crippen molar-refractivity contribution in [3.63, 3.8) is 0 Å². The third-order valence-electron chi connectivity index (χ3n) is 3.89. The zero-order chi connectivity index (χ0) is 18.7. The molecule has 1 amide bonds. The number of carbonyl (C=O) groups excluding carboxylic acids is 1. The van der Waals surface area contributed by atoms with Crippen LogP contribution in [0.3, 0.4) is 0 Å². The summed E-state index contributed by atoms with van der Waals surface area (Å²) < 4.78 is 6.12. The minimum absolute atomic E-state index is 0.311. The van der Waals surface area contributed by atoms with Crippen LogP contribution in [0.2, 0.25) is 5.02 Å². The molecule has 0 radical (unpaired) electrons. The van der Waals surface area contributed by atoms with Gasteiger partial charge in [0.15, 0.2) is 5.11 Å². The molecule has 1 aromatic heterocycles. The number of rotatable bonds is 4. The molecule has 3 aromatic rings. The van der Waals surface area contributed by atoms with Gasteiger partial charge in [-0.2, -0.15) is 0 Å². The number of thiophene rings is 1. The van der Waals surface area contributed by atoms with Crippen molar-refractivity contribution >= 4 is 61.9 Å². The van der Waals surface area contributed by atoms with Gasteiger partial charge in [0.2, 0.25) is 0 Å². The van der Waals surface area contributed by atoms with Crippen LogP contribution in [0.25, 0.3) is 10.1 Å². The summed E-state index contributed by atoms with van der Waals surface area (Å²) in [5.41, 5.74) is 0.924. The van der Waals surface area contributed by atoms with Crippen LogP contribution in [0.15, 0.2) is 48.5 Å². The third-order valence-corrected chi connectivity index (χ3v) is 5.87. The minimum Gasteiger partial charge on any atom is -0.497 e. The van der Waals surface area contributed by atoms with Crippen molar-refractivity contribution in [1.82, 2.24) is 5.32 Å². The van der Waals surface area contributed by atoms with Crippen molar-refractivity contribution in [3.05, 3.63) is 58.4 Å². The summed E-state index contributed by atoms with van der Waals surface area (Å²) in [6, 6.07) is 15.2. The normalized spacial score (nSPS) is 10.6. The highest BCUT2D eigenvalue weighted by atomic mass is 35.5. The number of nitrogens with one attached hydrogen (secondary N) is 1. The van der Waals surface area contributed by atoms with E-state index >= 15 is 0 Å². The molecule has 26 heavy (non-hydrogen) atoms. The second-order valence-corrected chi connectivity index (χ2v) is 7.26. The summed E-state index contributed by atoms with van der Waals surface area (Å²) in [6.07, 6.45) is 0. The first kappa shape index (κ1) is 18.6. The van der Waals surface area contributed by atoms with Crippen LogP contribution in [-0.4, -0.2) is 24.7 Å². The molecular weight excluding hydrogens is 388 g/mol. The molecule has 0 bridgehead atoms. The van der Waals surface area contributed by atoms with Crippen LogP contribution < -0.4 is 15.0 Å². The van der Waals surface area contributed by atoms with Gasteiger partial charge >= 0.3 is 0 Å². The van der Waals surface area contributed by atoms with E-state index in [4.69, 9.17) is 28.6 Å². The van der Waals surface area contributed by atoms with E-state index < -0.39 is 0 Å². The highest BCUT2D eigenvalue weighted by Crippen LogP contribution is 2.37. The van der Waals surface area contributed by atoms with Gasteiger partial charge < -0.3 is 9.64 Å². The molecule has 0 fully saturated rings. The number of nitrogens with zero attached hydrogens (tertiary/aromatic N) is 1. The maximum atomic E-state index is 12.7. The number of methoxy groups -OCH3 is 1. The number of hydrogen-bond donors (Lipinski definition) is 1. The molecule has 0 aliphatic heterocycles. The number of anilines is 1. The Balaban J connectivity index is 1.84. The molecule has 0 saturated heterocycles. The molecule has 0 aliphatic rings. The fourth-order valence-electron chi connectivity index (χ4n) is 2.59. The van der Waals surface area contributed by atoms with Crippen LogP contribution in [0, 0.1) is 0 Å². The van der Waals surface area contributed by atoms with E-state index in [1.165, 1.54) is 11.3 Å². The molecule has 1 N–H and O–H groups in total. The molecule has 0 aliphatic carbocycles. The monoisotopic (exact) mass is 404 g/mol. The number of fused-ring (bicyclic) bond motifs is 1. The van der Waals surface area contributed by atoms with E-state index in [0.29, 0.717) is 21.6 Å². The third kappa shape index (κ3) is 3.67. The molecule has 0 unspecified atom stereocenters. The number of amides is 1.